The molecule has 0 aliphatic carbocycles. The number of nitrogens with one attached hydrogen (secondary N) is 1. The van der Waals surface area contributed by atoms with Crippen molar-refractivity contribution in [1.29, 1.82) is 0 Å². The molecular formula is C11H21N3O. The fourth-order valence-electron chi connectivity index (χ4n) is 1.61. The smallest absolute Gasteiger partial charge is 0.0558 e. The quantitative estimate of drug-likeness (QED) is 0.639. The lowest BCUT2D eigenvalue weighted by molar-refractivity contribution is 0.186. The van der Waals surface area contributed by atoms with Crippen molar-refractivity contribution in [1.82, 2.24) is 15.1 Å². The minimum Gasteiger partial charge on any atom is -0.395 e. The lowest BCUT2D eigenvalue weighted by atomic mass is 10.2. The number of hydrogen-bond acceptors (Lipinski definition) is 3. The zero-order chi connectivity index (χ0) is 10.9. The van der Waals surface area contributed by atoms with E-state index in [1.807, 2.05) is 6.07 Å². The first-order valence-electron chi connectivity index (χ1n) is 5.68. The molecule has 1 rings (SSSR count). The van der Waals surface area contributed by atoms with Crippen molar-refractivity contribution in [2.24, 2.45) is 0 Å². The Hall–Kier alpha value is -0.870. The van der Waals surface area contributed by atoms with E-state index in [4.69, 9.17) is 5.11 Å². The maximum absolute atomic E-state index is 8.95. The molecule has 0 aliphatic heterocycles. The molecule has 0 bridgehead atoms. The van der Waals surface area contributed by atoms with Crippen molar-refractivity contribution in [2.45, 2.75) is 32.7 Å². The summed E-state index contributed by atoms with van der Waals surface area (Å²) in [5.74, 6) is 0. The molecule has 0 unspecified atom stereocenters. The van der Waals surface area contributed by atoms with Crippen LogP contribution in [0, 0.1) is 0 Å². The van der Waals surface area contributed by atoms with Gasteiger partial charge in [-0.3, -0.25) is 10.00 Å². The number of hydrogen-bond donors (Lipinski definition) is 2. The van der Waals surface area contributed by atoms with Crippen LogP contribution in [-0.4, -0.2) is 39.9 Å². The Balaban J connectivity index is 2.29. The third kappa shape index (κ3) is 4.95. The van der Waals surface area contributed by atoms with E-state index in [0.29, 0.717) is 0 Å². The summed E-state index contributed by atoms with van der Waals surface area (Å²) in [5, 5.41) is 15.8. The lowest BCUT2D eigenvalue weighted by Gasteiger charge is -2.20. The third-order valence-electron chi connectivity index (χ3n) is 2.45. The van der Waals surface area contributed by atoms with E-state index < -0.39 is 0 Å². The van der Waals surface area contributed by atoms with E-state index in [0.717, 1.165) is 25.3 Å². The van der Waals surface area contributed by atoms with Gasteiger partial charge in [-0.15, -0.1) is 0 Å². The number of unbranched alkanes of at least 4 members (excludes halogenated alkanes) is 2. The van der Waals surface area contributed by atoms with Crippen LogP contribution in [0.5, 0.6) is 0 Å². The molecule has 0 radical (unpaired) electrons. The van der Waals surface area contributed by atoms with Gasteiger partial charge in [-0.2, -0.15) is 5.10 Å². The van der Waals surface area contributed by atoms with Crippen LogP contribution < -0.4 is 0 Å². The Kier molecular flexibility index (Phi) is 6.04. The lowest BCUT2D eigenvalue weighted by Crippen LogP contribution is -2.27. The highest BCUT2D eigenvalue weighted by Gasteiger charge is 2.05. The van der Waals surface area contributed by atoms with Crippen molar-refractivity contribution in [3.05, 3.63) is 18.0 Å². The van der Waals surface area contributed by atoms with Crippen molar-refractivity contribution >= 4 is 0 Å². The molecule has 86 valence electrons. The van der Waals surface area contributed by atoms with Crippen molar-refractivity contribution in [2.75, 3.05) is 19.7 Å². The summed E-state index contributed by atoms with van der Waals surface area (Å²) in [6.07, 6.45) is 5.45. The van der Waals surface area contributed by atoms with Gasteiger partial charge in [-0.1, -0.05) is 19.8 Å². The topological polar surface area (TPSA) is 52.1 Å². The molecule has 0 fully saturated rings. The molecule has 0 atom stereocenters. The molecule has 2 N–H and O–H groups in total. The zero-order valence-corrected chi connectivity index (χ0v) is 9.45. The van der Waals surface area contributed by atoms with Crippen LogP contribution >= 0.6 is 0 Å². The molecule has 15 heavy (non-hydrogen) atoms. The van der Waals surface area contributed by atoms with Crippen LogP contribution in [0.25, 0.3) is 0 Å². The maximum Gasteiger partial charge on any atom is 0.0558 e. The fraction of sp³-hybridized carbons (Fsp3) is 0.727. The van der Waals surface area contributed by atoms with Crippen LogP contribution in [0.15, 0.2) is 12.3 Å². The van der Waals surface area contributed by atoms with Gasteiger partial charge in [0.25, 0.3) is 0 Å². The molecule has 0 saturated carbocycles. The van der Waals surface area contributed by atoms with E-state index in [9.17, 15) is 0 Å². The second-order valence-electron chi connectivity index (χ2n) is 3.79. The molecule has 4 heteroatoms. The average Bonchev–Trinajstić information content (AvgIpc) is 2.71. The minimum atomic E-state index is 0.222. The average molecular weight is 211 g/mol. The summed E-state index contributed by atoms with van der Waals surface area (Å²) in [4.78, 5) is 2.25. The highest BCUT2D eigenvalue weighted by molar-refractivity contribution is 4.96. The second kappa shape index (κ2) is 7.43. The number of H-pyrrole nitrogens is 1. The van der Waals surface area contributed by atoms with Crippen LogP contribution in [-0.2, 0) is 6.54 Å². The minimum absolute atomic E-state index is 0.222. The Morgan fingerprint density at radius 1 is 1.40 bits per heavy atom. The van der Waals surface area contributed by atoms with Crippen LogP contribution in [0.2, 0.25) is 0 Å². The predicted molar refractivity (Wildman–Crippen MR) is 60.5 cm³/mol. The largest absolute Gasteiger partial charge is 0.395 e. The molecule has 0 saturated heterocycles. The number of nitrogens with zero attached hydrogens (tertiary/aromatic N) is 2. The van der Waals surface area contributed by atoms with Crippen LogP contribution in [0.4, 0.5) is 0 Å². The van der Waals surface area contributed by atoms with Gasteiger partial charge in [0.05, 0.1) is 6.61 Å². The summed E-state index contributed by atoms with van der Waals surface area (Å²) >= 11 is 0. The van der Waals surface area contributed by atoms with Gasteiger partial charge in [-0.25, -0.2) is 0 Å². The van der Waals surface area contributed by atoms with Crippen molar-refractivity contribution in [3.63, 3.8) is 0 Å². The standard InChI is InChI=1S/C11H21N3O/c1-2-3-4-7-14(8-9-15)10-11-5-6-12-13-11/h5-6,15H,2-4,7-10H2,1H3,(H,12,13). The molecular weight excluding hydrogens is 190 g/mol. The number of aliphatic hydroxyl groups is 1. The van der Waals surface area contributed by atoms with Gasteiger partial charge in [0, 0.05) is 25.0 Å². The van der Waals surface area contributed by atoms with Gasteiger partial charge < -0.3 is 5.11 Å². The fourth-order valence-corrected chi connectivity index (χ4v) is 1.61. The summed E-state index contributed by atoms with van der Waals surface area (Å²) < 4.78 is 0. The Bertz CT molecular complexity index is 236. The number of rotatable bonds is 8. The highest BCUT2D eigenvalue weighted by Crippen LogP contribution is 2.03. The molecule has 0 aromatic carbocycles. The van der Waals surface area contributed by atoms with E-state index in [1.165, 1.54) is 19.3 Å². The van der Waals surface area contributed by atoms with Crippen molar-refractivity contribution < 1.29 is 5.11 Å². The van der Waals surface area contributed by atoms with E-state index >= 15 is 0 Å². The van der Waals surface area contributed by atoms with Gasteiger partial charge in [0.1, 0.15) is 0 Å². The van der Waals surface area contributed by atoms with E-state index in [2.05, 4.69) is 22.0 Å². The molecule has 4 nitrogen and oxygen atoms in total. The summed E-state index contributed by atoms with van der Waals surface area (Å²) in [5.41, 5.74) is 1.11. The summed E-state index contributed by atoms with van der Waals surface area (Å²) in [7, 11) is 0. The maximum atomic E-state index is 8.95. The van der Waals surface area contributed by atoms with Crippen LogP contribution in [0.3, 0.4) is 0 Å². The molecule has 0 aliphatic rings. The normalized spacial score (nSPS) is 11.1. The summed E-state index contributed by atoms with van der Waals surface area (Å²) in [6.45, 7) is 5.06. The van der Waals surface area contributed by atoms with Gasteiger partial charge in [-0.05, 0) is 19.0 Å². The first-order valence-corrected chi connectivity index (χ1v) is 5.68. The molecule has 1 heterocycles. The highest BCUT2D eigenvalue weighted by atomic mass is 16.3. The van der Waals surface area contributed by atoms with E-state index in [-0.39, 0.29) is 6.61 Å². The summed E-state index contributed by atoms with van der Waals surface area (Å²) in [6, 6.07) is 1.98. The molecule has 1 aromatic heterocycles. The SMILES string of the molecule is CCCCCN(CCO)Cc1ccn[nH]1. The molecule has 0 spiro atoms. The third-order valence-corrected chi connectivity index (χ3v) is 2.45. The Morgan fingerprint density at radius 2 is 2.27 bits per heavy atom. The predicted octanol–water partition coefficient (Wildman–Crippen LogP) is 1.39. The number of aromatic nitrogens is 2. The monoisotopic (exact) mass is 211 g/mol. The molecule has 1 aromatic rings. The second-order valence-corrected chi connectivity index (χ2v) is 3.79. The zero-order valence-electron chi connectivity index (χ0n) is 9.45. The Labute approximate surface area is 91.3 Å². The molecule has 0 amide bonds. The Morgan fingerprint density at radius 3 is 2.87 bits per heavy atom. The van der Waals surface area contributed by atoms with E-state index in [1.54, 1.807) is 6.20 Å². The first-order chi connectivity index (χ1) is 7.36. The number of aliphatic hydroxyl groups excluding tert-OH is 1. The van der Waals surface area contributed by atoms with Gasteiger partial charge in [0.15, 0.2) is 0 Å². The van der Waals surface area contributed by atoms with Gasteiger partial charge in [0.2, 0.25) is 0 Å². The first kappa shape index (κ1) is 12.2. The number of aromatic amines is 1. The van der Waals surface area contributed by atoms with Crippen LogP contribution in [0.1, 0.15) is 31.9 Å². The van der Waals surface area contributed by atoms with Crippen molar-refractivity contribution in [3.8, 4) is 0 Å². The van der Waals surface area contributed by atoms with Gasteiger partial charge >= 0.3 is 0 Å².